The van der Waals surface area contributed by atoms with Gasteiger partial charge in [0.2, 0.25) is 11.7 Å². The van der Waals surface area contributed by atoms with Crippen LogP contribution >= 0.6 is 11.6 Å². The van der Waals surface area contributed by atoms with E-state index in [2.05, 4.69) is 27.5 Å². The zero-order valence-electron chi connectivity index (χ0n) is 28.5. The zero-order chi connectivity index (χ0) is 36.8. The number of amides is 2. The second-order valence-corrected chi connectivity index (χ2v) is 14.5. The minimum Gasteiger partial charge on any atom is -0.504 e. The smallest absolute Gasteiger partial charge is 0.416 e. The number of aromatic hydroxyl groups is 1. The lowest BCUT2D eigenvalue weighted by Gasteiger charge is -2.47. The molecule has 2 saturated carbocycles. The molecule has 6 unspecified atom stereocenters. The fourth-order valence-corrected chi connectivity index (χ4v) is 8.87. The average Bonchev–Trinajstić information content (AvgIpc) is 3.41. The molecule has 274 valence electrons. The lowest BCUT2D eigenvalue weighted by Crippen LogP contribution is -2.52. The molecule has 0 bridgehead atoms. The van der Waals surface area contributed by atoms with Crippen molar-refractivity contribution < 1.29 is 32.6 Å². The lowest BCUT2D eigenvalue weighted by atomic mass is 9.67. The van der Waals surface area contributed by atoms with Gasteiger partial charge in [-0.3, -0.25) is 19.5 Å². The number of aromatic amines is 1. The number of nitrogens with zero attached hydrogens (tertiary/aromatic N) is 6. The van der Waals surface area contributed by atoms with E-state index < -0.39 is 17.6 Å². The van der Waals surface area contributed by atoms with E-state index in [0.717, 1.165) is 30.2 Å². The molecule has 0 radical (unpaired) electrons. The van der Waals surface area contributed by atoms with Crippen molar-refractivity contribution in [3.05, 3.63) is 73.7 Å². The van der Waals surface area contributed by atoms with Crippen molar-refractivity contribution >= 4 is 40.5 Å². The molecule has 4 aromatic rings. The van der Waals surface area contributed by atoms with Crippen LogP contribution in [0.4, 0.5) is 18.9 Å². The summed E-state index contributed by atoms with van der Waals surface area (Å²) < 4.78 is 48.2. The predicted molar refractivity (Wildman–Crippen MR) is 182 cm³/mol. The minimum absolute atomic E-state index is 0.0126. The number of halogens is 4. The van der Waals surface area contributed by atoms with Gasteiger partial charge >= 0.3 is 6.18 Å². The van der Waals surface area contributed by atoms with Gasteiger partial charge in [0.05, 0.1) is 29.5 Å². The SMILES string of the molecule is CCN(C(=O)c1[nH]nc(C)c1O)C1CCC1C1c2c(n(CC(=O)Nc3ccc(C(F)(F)F)cc3Cl)c3nc(C4=CCOCC4)nn3c2=O)C2C(C)C21. The Kier molecular flexibility index (Phi) is 8.24. The van der Waals surface area contributed by atoms with Crippen LogP contribution in [0.15, 0.2) is 29.1 Å². The first-order valence-electron chi connectivity index (χ1n) is 17.3. The van der Waals surface area contributed by atoms with Gasteiger partial charge in [-0.2, -0.15) is 27.8 Å². The maximum Gasteiger partial charge on any atom is 0.416 e. The third kappa shape index (κ3) is 5.40. The Morgan fingerprint density at radius 1 is 1.23 bits per heavy atom. The molecule has 0 spiro atoms. The van der Waals surface area contributed by atoms with E-state index in [0.29, 0.717) is 55.4 Å². The number of H-pyrrole nitrogens is 1. The first-order chi connectivity index (χ1) is 24.8. The van der Waals surface area contributed by atoms with Gasteiger partial charge in [-0.05, 0) is 80.6 Å². The Morgan fingerprint density at radius 3 is 2.63 bits per heavy atom. The first-order valence-corrected chi connectivity index (χ1v) is 17.7. The van der Waals surface area contributed by atoms with Crippen LogP contribution in [-0.4, -0.2) is 77.0 Å². The van der Waals surface area contributed by atoms with Crippen molar-refractivity contribution in [2.45, 2.75) is 70.6 Å². The first kappa shape index (κ1) is 34.4. The summed E-state index contributed by atoms with van der Waals surface area (Å²) in [7, 11) is 0. The number of aryl methyl sites for hydroxylation is 1. The highest BCUT2D eigenvalue weighted by molar-refractivity contribution is 6.33. The highest BCUT2D eigenvalue weighted by Crippen LogP contribution is 2.70. The van der Waals surface area contributed by atoms with E-state index in [1.54, 1.807) is 16.4 Å². The van der Waals surface area contributed by atoms with Gasteiger partial charge in [0, 0.05) is 29.8 Å². The van der Waals surface area contributed by atoms with Crippen molar-refractivity contribution in [2.24, 2.45) is 17.8 Å². The molecule has 3 aromatic heterocycles. The van der Waals surface area contributed by atoms with Crippen LogP contribution in [0.3, 0.4) is 0 Å². The third-order valence-electron chi connectivity index (χ3n) is 11.3. The summed E-state index contributed by atoms with van der Waals surface area (Å²) >= 11 is 6.18. The molecule has 1 aromatic carbocycles. The second kappa shape index (κ2) is 12.5. The van der Waals surface area contributed by atoms with E-state index in [-0.39, 0.29) is 81.6 Å². The Morgan fingerprint density at radius 2 is 2.02 bits per heavy atom. The third-order valence-corrected chi connectivity index (χ3v) is 11.6. The Balaban J connectivity index is 1.19. The molecule has 3 N–H and O–H groups in total. The molecule has 2 fully saturated rings. The topological polar surface area (TPSA) is 160 Å². The monoisotopic (exact) mass is 740 g/mol. The Hall–Kier alpha value is -4.70. The molecule has 13 nitrogen and oxygen atoms in total. The fourth-order valence-electron chi connectivity index (χ4n) is 8.64. The fraction of sp³-hybridized carbons (Fsp3) is 0.486. The van der Waals surface area contributed by atoms with Crippen molar-refractivity contribution in [3.8, 4) is 5.75 Å². The standard InChI is InChI=1S/C35H36ClF3N8O5/c1-4-45(33(51)28-30(49)16(3)42-43-28)22-8-6-19(22)26-24-15(2)25(24)29-27(26)32(50)47-34(41-31(44-47)17-9-11-52-12-10-17)46(29)14-23(48)40-21-7-5-18(13-20(21)36)35(37,38)39/h5,7,9,13,15,19,22,24-26,49H,4,6,8,10-12,14H2,1-3H3,(H,40,48)(H,42,43). The van der Waals surface area contributed by atoms with Gasteiger partial charge in [0.15, 0.2) is 17.3 Å². The number of aromatic nitrogens is 6. The van der Waals surface area contributed by atoms with Gasteiger partial charge in [-0.25, -0.2) is 0 Å². The molecular weight excluding hydrogens is 705 g/mol. The summed E-state index contributed by atoms with van der Waals surface area (Å²) in [5.74, 6) is -0.730. The van der Waals surface area contributed by atoms with Crippen LogP contribution in [0.25, 0.3) is 11.4 Å². The maximum atomic E-state index is 14.5. The second-order valence-electron chi connectivity index (χ2n) is 14.1. The molecule has 0 saturated heterocycles. The number of nitrogens with one attached hydrogen (secondary N) is 2. The lowest BCUT2D eigenvalue weighted by molar-refractivity contribution is -0.137. The number of carbonyl (C=O) groups excluding carboxylic acids is 2. The van der Waals surface area contributed by atoms with Gasteiger partial charge < -0.3 is 24.6 Å². The number of fused-ring (bicyclic) bond motifs is 4. The largest absolute Gasteiger partial charge is 0.504 e. The number of anilines is 1. The van der Waals surface area contributed by atoms with Crippen LogP contribution in [-0.2, 0) is 22.3 Å². The molecule has 1 aliphatic heterocycles. The highest BCUT2D eigenvalue weighted by Gasteiger charge is 2.65. The summed E-state index contributed by atoms with van der Waals surface area (Å²) in [6.45, 7) is 6.49. The number of alkyl halides is 3. The van der Waals surface area contributed by atoms with Crippen LogP contribution in [0, 0.1) is 24.7 Å². The molecule has 4 heterocycles. The van der Waals surface area contributed by atoms with Crippen LogP contribution in [0.2, 0.25) is 5.02 Å². The van der Waals surface area contributed by atoms with Crippen LogP contribution < -0.4 is 10.9 Å². The molecule has 52 heavy (non-hydrogen) atoms. The number of benzene rings is 1. The highest BCUT2D eigenvalue weighted by atomic mass is 35.5. The predicted octanol–water partition coefficient (Wildman–Crippen LogP) is 5.13. The maximum absolute atomic E-state index is 14.5. The molecule has 3 aliphatic carbocycles. The molecule has 2 amide bonds. The number of hydrogen-bond donors (Lipinski definition) is 3. The quantitative estimate of drug-likeness (QED) is 0.224. The van der Waals surface area contributed by atoms with Gasteiger partial charge in [-0.1, -0.05) is 24.6 Å². The van der Waals surface area contributed by atoms with Gasteiger partial charge in [0.1, 0.15) is 12.2 Å². The van der Waals surface area contributed by atoms with E-state index in [1.807, 2.05) is 13.0 Å². The summed E-state index contributed by atoms with van der Waals surface area (Å²) in [6.07, 6.45) is -0.725. The van der Waals surface area contributed by atoms with E-state index in [1.165, 1.54) is 4.52 Å². The number of rotatable bonds is 8. The Labute approximate surface area is 299 Å². The van der Waals surface area contributed by atoms with E-state index >= 15 is 0 Å². The van der Waals surface area contributed by atoms with Gasteiger partial charge in [0.25, 0.3) is 11.5 Å². The molecule has 8 rings (SSSR count). The van der Waals surface area contributed by atoms with Crippen molar-refractivity contribution in [2.75, 3.05) is 25.1 Å². The summed E-state index contributed by atoms with van der Waals surface area (Å²) in [5.41, 5.74) is 1.13. The normalized spacial score (nSPS) is 24.9. The summed E-state index contributed by atoms with van der Waals surface area (Å²) in [6, 6.07) is 2.50. The van der Waals surface area contributed by atoms with Crippen molar-refractivity contribution in [1.29, 1.82) is 0 Å². The molecule has 4 aliphatic rings. The summed E-state index contributed by atoms with van der Waals surface area (Å²) in [4.78, 5) is 48.5. The Bertz CT molecular complexity index is 2230. The van der Waals surface area contributed by atoms with Crippen LogP contribution in [0.1, 0.15) is 83.8 Å². The minimum atomic E-state index is -4.60. The average molecular weight is 741 g/mol. The van der Waals surface area contributed by atoms with Gasteiger partial charge in [-0.15, -0.1) is 5.10 Å². The molecule has 6 atom stereocenters. The van der Waals surface area contributed by atoms with E-state index in [9.17, 15) is 32.7 Å². The number of hydrogen-bond acceptors (Lipinski definition) is 8. The zero-order valence-corrected chi connectivity index (χ0v) is 29.3. The number of ether oxygens (including phenoxy) is 1. The van der Waals surface area contributed by atoms with Crippen LogP contribution in [0.5, 0.6) is 5.75 Å². The van der Waals surface area contributed by atoms with E-state index in [4.69, 9.17) is 21.3 Å². The molecular formula is C35H36ClF3N8O5. The van der Waals surface area contributed by atoms with Crippen molar-refractivity contribution in [1.82, 2.24) is 34.3 Å². The van der Waals surface area contributed by atoms with Crippen molar-refractivity contribution in [3.63, 3.8) is 0 Å². The summed E-state index contributed by atoms with van der Waals surface area (Å²) in [5, 5.41) is 24.2. The molecule has 17 heteroatoms. The number of carbonyl (C=O) groups is 2.